The number of rotatable bonds is 30. The summed E-state index contributed by atoms with van der Waals surface area (Å²) in [6.07, 6.45) is -0.00870. The van der Waals surface area contributed by atoms with Gasteiger partial charge in [0.1, 0.15) is 0 Å². The summed E-state index contributed by atoms with van der Waals surface area (Å²) in [5.74, 6) is -1.45. The van der Waals surface area contributed by atoms with Crippen LogP contribution in [-0.2, 0) is 47.4 Å². The molecule has 2 rings (SSSR count). The first-order valence-electron chi connectivity index (χ1n) is 14.5. The molecule has 1 heterocycles. The van der Waals surface area contributed by atoms with E-state index in [2.05, 4.69) is 0 Å². The largest absolute Gasteiger partial charge is 0.481 e. The minimum atomic E-state index is -0.880. The van der Waals surface area contributed by atoms with Gasteiger partial charge in [-0.2, -0.15) is 0 Å². The number of ether oxygens (including phenoxy) is 9. The topological polar surface area (TPSA) is 158 Å². The van der Waals surface area contributed by atoms with E-state index in [9.17, 15) is 14.4 Å². The first-order valence-corrected chi connectivity index (χ1v) is 14.5. The average Bonchev–Trinajstić information content (AvgIpc) is 3.25. The van der Waals surface area contributed by atoms with Crippen molar-refractivity contribution in [3.63, 3.8) is 0 Å². The Balaban J connectivity index is 1.20. The van der Waals surface area contributed by atoms with Gasteiger partial charge >= 0.3 is 5.97 Å². The molecule has 0 saturated heterocycles. The van der Waals surface area contributed by atoms with Crippen LogP contribution in [0, 0.1) is 0 Å². The zero-order valence-corrected chi connectivity index (χ0v) is 24.7. The van der Waals surface area contributed by atoms with Gasteiger partial charge in [0.25, 0.3) is 11.8 Å². The van der Waals surface area contributed by atoms with Gasteiger partial charge in [-0.15, -0.1) is 0 Å². The van der Waals surface area contributed by atoms with Crippen LogP contribution in [0.3, 0.4) is 0 Å². The third-order valence-electron chi connectivity index (χ3n) is 5.77. The number of hydrogen-bond acceptors (Lipinski definition) is 12. The summed E-state index contributed by atoms with van der Waals surface area (Å²) in [7, 11) is 0. The van der Waals surface area contributed by atoms with Gasteiger partial charge in [0.2, 0.25) is 0 Å². The van der Waals surface area contributed by atoms with Crippen LogP contribution < -0.4 is 0 Å². The van der Waals surface area contributed by atoms with E-state index in [1.165, 1.54) is 4.90 Å². The summed E-state index contributed by atoms with van der Waals surface area (Å²) in [4.78, 5) is 36.1. The van der Waals surface area contributed by atoms with Crippen LogP contribution in [-0.4, -0.2) is 153 Å². The smallest absolute Gasteiger partial charge is 0.305 e. The highest BCUT2D eigenvalue weighted by molar-refractivity contribution is 6.21. The lowest BCUT2D eigenvalue weighted by Gasteiger charge is -2.13. The van der Waals surface area contributed by atoms with Crippen LogP contribution in [0.4, 0.5) is 0 Å². The third kappa shape index (κ3) is 17.4. The number of carboxylic acid groups (broad SMARTS) is 1. The van der Waals surface area contributed by atoms with E-state index < -0.39 is 5.97 Å². The van der Waals surface area contributed by atoms with Gasteiger partial charge in [-0.25, -0.2) is 0 Å². The molecule has 14 nitrogen and oxygen atoms in total. The number of hydrogen-bond donors (Lipinski definition) is 1. The minimum absolute atomic E-state index is 0.00870. The fourth-order valence-corrected chi connectivity index (χ4v) is 3.62. The summed E-state index contributed by atoms with van der Waals surface area (Å²) >= 11 is 0. The maximum absolute atomic E-state index is 12.3. The molecule has 0 atom stereocenters. The van der Waals surface area contributed by atoms with E-state index >= 15 is 0 Å². The predicted molar refractivity (Wildman–Crippen MR) is 151 cm³/mol. The van der Waals surface area contributed by atoms with Gasteiger partial charge in [0.05, 0.1) is 143 Å². The Morgan fingerprint density at radius 3 is 1.07 bits per heavy atom. The number of imide groups is 1. The Kier molecular flexibility index (Phi) is 21.2. The fourth-order valence-electron chi connectivity index (χ4n) is 3.62. The molecular weight excluding hydrogens is 570 g/mol. The van der Waals surface area contributed by atoms with Crippen molar-refractivity contribution in [1.29, 1.82) is 0 Å². The molecule has 1 aliphatic rings. The second kappa shape index (κ2) is 24.9. The maximum atomic E-state index is 12.3. The van der Waals surface area contributed by atoms with Gasteiger partial charge in [-0.05, 0) is 12.1 Å². The van der Waals surface area contributed by atoms with Crippen molar-refractivity contribution in [2.45, 2.75) is 6.42 Å². The molecule has 0 fully saturated rings. The molecule has 0 spiro atoms. The normalized spacial score (nSPS) is 12.8. The Labute approximate surface area is 252 Å². The second-order valence-corrected chi connectivity index (χ2v) is 8.96. The molecule has 2 amide bonds. The zero-order chi connectivity index (χ0) is 30.8. The molecular formula is C29H45NO13. The molecule has 1 N–H and O–H groups in total. The summed E-state index contributed by atoms with van der Waals surface area (Å²) in [6.45, 7) is 7.60. The maximum Gasteiger partial charge on any atom is 0.305 e. The highest BCUT2D eigenvalue weighted by Gasteiger charge is 2.34. The monoisotopic (exact) mass is 615 g/mol. The first-order chi connectivity index (χ1) is 21.1. The Hall–Kier alpha value is -2.53. The quantitative estimate of drug-likeness (QED) is 0.0963. The molecule has 14 heteroatoms. The number of nitrogens with zero attached hydrogens (tertiary/aromatic N) is 1. The number of carbonyl (C=O) groups is 3. The summed E-state index contributed by atoms with van der Waals surface area (Å²) in [6, 6.07) is 6.80. The summed E-state index contributed by atoms with van der Waals surface area (Å²) < 4.78 is 48.5. The van der Waals surface area contributed by atoms with Crippen molar-refractivity contribution in [3.05, 3.63) is 35.4 Å². The Morgan fingerprint density at radius 2 is 0.767 bits per heavy atom. The molecule has 0 radical (unpaired) electrons. The van der Waals surface area contributed by atoms with Crippen molar-refractivity contribution in [1.82, 2.24) is 4.90 Å². The molecule has 0 aliphatic carbocycles. The van der Waals surface area contributed by atoms with Gasteiger partial charge in [0.15, 0.2) is 0 Å². The van der Waals surface area contributed by atoms with Gasteiger partial charge in [-0.3, -0.25) is 19.3 Å². The Morgan fingerprint density at radius 1 is 0.488 bits per heavy atom. The molecule has 1 aromatic carbocycles. The predicted octanol–water partition coefficient (Wildman–Crippen LogP) is 0.907. The lowest BCUT2D eigenvalue weighted by molar-refractivity contribution is -0.138. The molecule has 0 unspecified atom stereocenters. The van der Waals surface area contributed by atoms with Gasteiger partial charge < -0.3 is 47.7 Å². The van der Waals surface area contributed by atoms with Crippen LogP contribution in [0.25, 0.3) is 0 Å². The molecule has 0 bridgehead atoms. The second-order valence-electron chi connectivity index (χ2n) is 8.96. The fraction of sp³-hybridized carbons (Fsp3) is 0.690. The van der Waals surface area contributed by atoms with E-state index in [1.807, 2.05) is 0 Å². The molecule has 0 aromatic heterocycles. The molecule has 244 valence electrons. The van der Waals surface area contributed by atoms with Crippen LogP contribution in [0.1, 0.15) is 27.1 Å². The minimum Gasteiger partial charge on any atom is -0.481 e. The molecule has 0 saturated carbocycles. The standard InChI is InChI=1S/C29H45NO13/c31-27(32)5-7-35-9-11-37-13-15-39-17-19-41-21-23-43-24-22-42-20-18-40-16-14-38-12-10-36-8-6-30-28(33)25-3-1-2-4-26(25)29(30)34/h1-4H,5-24H2,(H,31,32). The summed E-state index contributed by atoms with van der Waals surface area (Å²) in [5, 5.41) is 8.48. The van der Waals surface area contributed by atoms with Crippen molar-refractivity contribution in [2.75, 3.05) is 125 Å². The highest BCUT2D eigenvalue weighted by Crippen LogP contribution is 2.21. The number of carbonyl (C=O) groups excluding carboxylic acids is 2. The van der Waals surface area contributed by atoms with E-state index in [0.717, 1.165) is 0 Å². The zero-order valence-electron chi connectivity index (χ0n) is 24.7. The van der Waals surface area contributed by atoms with Crippen LogP contribution >= 0.6 is 0 Å². The number of aliphatic carboxylic acids is 1. The third-order valence-corrected chi connectivity index (χ3v) is 5.77. The molecule has 43 heavy (non-hydrogen) atoms. The molecule has 1 aliphatic heterocycles. The SMILES string of the molecule is O=C(O)CCOCCOCCOCCOCCOCCOCCOCCOCCOCCN1C(=O)c2ccccc2C1=O. The van der Waals surface area contributed by atoms with E-state index in [0.29, 0.717) is 117 Å². The van der Waals surface area contributed by atoms with Crippen molar-refractivity contribution < 1.29 is 62.1 Å². The molecule has 1 aromatic rings. The summed E-state index contributed by atoms with van der Waals surface area (Å²) in [5.41, 5.74) is 0.874. The van der Waals surface area contributed by atoms with Crippen molar-refractivity contribution in [2.24, 2.45) is 0 Å². The van der Waals surface area contributed by atoms with Crippen LogP contribution in [0.15, 0.2) is 24.3 Å². The van der Waals surface area contributed by atoms with E-state index in [4.69, 9.17) is 47.7 Å². The number of fused-ring (bicyclic) bond motifs is 1. The Bertz CT molecular complexity index is 866. The number of amides is 2. The van der Waals surface area contributed by atoms with Crippen molar-refractivity contribution >= 4 is 17.8 Å². The van der Waals surface area contributed by atoms with E-state index in [-0.39, 0.29) is 38.0 Å². The average molecular weight is 616 g/mol. The van der Waals surface area contributed by atoms with Gasteiger partial charge in [-0.1, -0.05) is 12.1 Å². The van der Waals surface area contributed by atoms with E-state index in [1.54, 1.807) is 24.3 Å². The number of benzene rings is 1. The first kappa shape index (κ1) is 36.7. The highest BCUT2D eigenvalue weighted by atomic mass is 16.6. The lowest BCUT2D eigenvalue weighted by atomic mass is 10.1. The van der Waals surface area contributed by atoms with Crippen LogP contribution in [0.5, 0.6) is 0 Å². The van der Waals surface area contributed by atoms with Gasteiger partial charge in [0, 0.05) is 0 Å². The van der Waals surface area contributed by atoms with Crippen molar-refractivity contribution in [3.8, 4) is 0 Å². The number of carboxylic acids is 1. The van der Waals surface area contributed by atoms with Crippen LogP contribution in [0.2, 0.25) is 0 Å². The lowest BCUT2D eigenvalue weighted by Crippen LogP contribution is -2.33.